The van der Waals surface area contributed by atoms with E-state index in [4.69, 9.17) is 0 Å². The molecule has 0 saturated carbocycles. The lowest BCUT2D eigenvalue weighted by atomic mass is 9.69. The molecule has 0 radical (unpaired) electrons. The maximum atomic E-state index is 13.4. The van der Waals surface area contributed by atoms with Gasteiger partial charge in [-0.05, 0) is 36.1 Å². The number of halogens is 3. The second-order valence-electron chi connectivity index (χ2n) is 7.89. The first-order chi connectivity index (χ1) is 13.3. The van der Waals surface area contributed by atoms with Gasteiger partial charge in [0.1, 0.15) is 0 Å². The number of amides is 1. The van der Waals surface area contributed by atoms with Gasteiger partial charge in [0.15, 0.2) is 0 Å². The lowest BCUT2D eigenvalue weighted by Crippen LogP contribution is -2.34. The lowest BCUT2D eigenvalue weighted by Gasteiger charge is -2.31. The molecular weight excluding hydrogens is 363 g/mol. The number of benzene rings is 2. The molecule has 1 aliphatic heterocycles. The van der Waals surface area contributed by atoms with Gasteiger partial charge in [-0.1, -0.05) is 61.5 Å². The molecule has 0 N–H and O–H groups in total. The van der Waals surface area contributed by atoms with Crippen LogP contribution < -0.4 is 0 Å². The summed E-state index contributed by atoms with van der Waals surface area (Å²) in [5.41, 5.74) is 0.574. The molecule has 0 aromatic heterocycles. The van der Waals surface area contributed by atoms with Crippen LogP contribution in [0.25, 0.3) is 0 Å². The Morgan fingerprint density at radius 2 is 1.75 bits per heavy atom. The molecule has 1 fully saturated rings. The molecule has 0 spiro atoms. The first-order valence-electron chi connectivity index (χ1n) is 9.49. The van der Waals surface area contributed by atoms with Gasteiger partial charge in [-0.15, -0.1) is 0 Å². The van der Waals surface area contributed by atoms with E-state index in [9.17, 15) is 18.0 Å². The Balaban J connectivity index is 1.75. The van der Waals surface area contributed by atoms with Crippen molar-refractivity contribution in [3.05, 3.63) is 83.4 Å². The van der Waals surface area contributed by atoms with Crippen molar-refractivity contribution in [1.29, 1.82) is 0 Å². The van der Waals surface area contributed by atoms with E-state index in [-0.39, 0.29) is 17.9 Å². The average molecular weight is 385 g/mol. The zero-order valence-electron chi connectivity index (χ0n) is 15.6. The number of alkyl halides is 3. The van der Waals surface area contributed by atoms with Gasteiger partial charge in [0.25, 0.3) is 0 Å². The molecule has 2 aromatic rings. The van der Waals surface area contributed by atoms with Crippen LogP contribution in [0.3, 0.4) is 0 Å². The number of carbonyl (C=O) groups excluding carboxylic acids is 1. The minimum Gasteiger partial charge on any atom is -0.330 e. The van der Waals surface area contributed by atoms with Crippen molar-refractivity contribution in [3.8, 4) is 0 Å². The zero-order valence-corrected chi connectivity index (χ0v) is 15.6. The van der Waals surface area contributed by atoms with Crippen molar-refractivity contribution < 1.29 is 18.0 Å². The summed E-state index contributed by atoms with van der Waals surface area (Å²) >= 11 is 0. The molecule has 1 heterocycles. The maximum Gasteiger partial charge on any atom is 0.416 e. The largest absolute Gasteiger partial charge is 0.416 e. The molecule has 5 heteroatoms. The topological polar surface area (TPSA) is 20.3 Å². The normalized spacial score (nSPS) is 27.1. The number of hydrogen-bond acceptors (Lipinski definition) is 1. The Labute approximate surface area is 162 Å². The smallest absolute Gasteiger partial charge is 0.330 e. The zero-order chi connectivity index (χ0) is 19.9. The van der Waals surface area contributed by atoms with Crippen molar-refractivity contribution in [3.63, 3.8) is 0 Å². The molecule has 146 valence electrons. The first-order valence-corrected chi connectivity index (χ1v) is 9.49. The van der Waals surface area contributed by atoms with E-state index in [0.717, 1.165) is 36.1 Å². The van der Waals surface area contributed by atoms with Gasteiger partial charge in [-0.25, -0.2) is 0 Å². The number of fused-ring (bicyclic) bond motifs is 1. The van der Waals surface area contributed by atoms with Crippen LogP contribution in [-0.2, 0) is 17.5 Å². The van der Waals surface area contributed by atoms with Gasteiger partial charge in [0.2, 0.25) is 5.91 Å². The maximum absolute atomic E-state index is 13.4. The first kappa shape index (κ1) is 18.8. The highest BCUT2D eigenvalue weighted by Gasteiger charge is 2.55. The van der Waals surface area contributed by atoms with Gasteiger partial charge in [-0.3, -0.25) is 4.79 Å². The van der Waals surface area contributed by atoms with Crippen LogP contribution in [0.4, 0.5) is 13.2 Å². The van der Waals surface area contributed by atoms with Gasteiger partial charge in [0, 0.05) is 12.5 Å². The molecule has 28 heavy (non-hydrogen) atoms. The third-order valence-electron chi connectivity index (χ3n) is 6.11. The highest BCUT2D eigenvalue weighted by Crippen LogP contribution is 2.54. The predicted octanol–water partition coefficient (Wildman–Crippen LogP) is 5.76. The molecule has 2 aromatic carbocycles. The van der Waals surface area contributed by atoms with Crippen molar-refractivity contribution in [2.45, 2.75) is 38.5 Å². The number of nitrogens with zero attached hydrogens (tertiary/aromatic N) is 1. The highest BCUT2D eigenvalue weighted by atomic mass is 19.4. The minimum absolute atomic E-state index is 0.0470. The van der Waals surface area contributed by atoms with Gasteiger partial charge in [0.05, 0.1) is 17.0 Å². The predicted molar refractivity (Wildman–Crippen MR) is 101 cm³/mol. The number of rotatable bonds is 3. The summed E-state index contributed by atoms with van der Waals surface area (Å²) in [6, 6.07) is 14.7. The molecule has 2 aliphatic rings. The molecule has 2 nitrogen and oxygen atoms in total. The third kappa shape index (κ3) is 3.13. The third-order valence-corrected chi connectivity index (χ3v) is 6.11. The fourth-order valence-electron chi connectivity index (χ4n) is 4.56. The quantitative estimate of drug-likeness (QED) is 0.615. The van der Waals surface area contributed by atoms with E-state index >= 15 is 0 Å². The van der Waals surface area contributed by atoms with Crippen LogP contribution in [0.2, 0.25) is 0 Å². The van der Waals surface area contributed by atoms with E-state index in [1.807, 2.05) is 42.2 Å². The Kier molecular flexibility index (Phi) is 4.56. The molecular formula is C23H22F3NO. The molecule has 3 atom stereocenters. The van der Waals surface area contributed by atoms with Crippen molar-refractivity contribution in [1.82, 2.24) is 4.90 Å². The van der Waals surface area contributed by atoms with Crippen molar-refractivity contribution in [2.24, 2.45) is 11.3 Å². The summed E-state index contributed by atoms with van der Waals surface area (Å²) in [5, 5.41) is 0. The standard InChI is InChI=1S/C23H22F3NO/c1-22-14-6-5-9-19(22)20(17-10-12-18(13-11-17)23(24,25)26)27(21(22)28)15-16-7-3-2-4-8-16/h2-5,7-13,19-20H,6,14-15H2,1H3/t19-,20-,22+/m0/s1. The lowest BCUT2D eigenvalue weighted by molar-refractivity contribution is -0.138. The monoisotopic (exact) mass is 385 g/mol. The summed E-state index contributed by atoms with van der Waals surface area (Å²) in [7, 11) is 0. The number of carbonyl (C=O) groups is 1. The second-order valence-corrected chi connectivity index (χ2v) is 7.89. The molecule has 0 bridgehead atoms. The Morgan fingerprint density at radius 3 is 2.39 bits per heavy atom. The Bertz CT molecular complexity index is 888. The summed E-state index contributed by atoms with van der Waals surface area (Å²) in [6.45, 7) is 2.44. The number of likely N-dealkylation sites (tertiary alicyclic amines) is 1. The van der Waals surface area contributed by atoms with E-state index in [0.29, 0.717) is 6.54 Å². The summed E-state index contributed by atoms with van der Waals surface area (Å²) in [5.74, 6) is 0.0322. The van der Waals surface area contributed by atoms with Crippen LogP contribution >= 0.6 is 0 Å². The number of allylic oxidation sites excluding steroid dienone is 1. The van der Waals surface area contributed by atoms with Crippen LogP contribution in [0.15, 0.2) is 66.7 Å². The van der Waals surface area contributed by atoms with Crippen molar-refractivity contribution in [2.75, 3.05) is 0 Å². The second kappa shape index (κ2) is 6.80. The summed E-state index contributed by atoms with van der Waals surface area (Å²) in [4.78, 5) is 15.2. The van der Waals surface area contributed by atoms with Crippen LogP contribution in [-0.4, -0.2) is 10.8 Å². The number of hydrogen-bond donors (Lipinski definition) is 0. The average Bonchev–Trinajstić information content (AvgIpc) is 2.90. The highest BCUT2D eigenvalue weighted by molar-refractivity contribution is 5.86. The van der Waals surface area contributed by atoms with Crippen molar-refractivity contribution >= 4 is 5.91 Å². The minimum atomic E-state index is -4.37. The van der Waals surface area contributed by atoms with E-state index < -0.39 is 17.2 Å². The molecule has 1 amide bonds. The fourth-order valence-corrected chi connectivity index (χ4v) is 4.56. The van der Waals surface area contributed by atoms with E-state index in [1.165, 1.54) is 12.1 Å². The van der Waals surface area contributed by atoms with Gasteiger partial charge < -0.3 is 4.90 Å². The SMILES string of the molecule is C[C@@]12CCC=C[C@H]1[C@H](c1ccc(C(F)(F)F)cc1)N(Cc1ccccc1)C2=O. The van der Waals surface area contributed by atoms with E-state index in [2.05, 4.69) is 12.2 Å². The van der Waals surface area contributed by atoms with E-state index in [1.54, 1.807) is 0 Å². The molecule has 4 rings (SSSR count). The van der Waals surface area contributed by atoms with Crippen LogP contribution in [0.5, 0.6) is 0 Å². The summed E-state index contributed by atoms with van der Waals surface area (Å²) < 4.78 is 38.9. The van der Waals surface area contributed by atoms with Crippen LogP contribution in [0.1, 0.15) is 42.5 Å². The molecule has 1 saturated heterocycles. The Morgan fingerprint density at radius 1 is 1.07 bits per heavy atom. The van der Waals surface area contributed by atoms with Crippen LogP contribution in [0, 0.1) is 11.3 Å². The molecule has 1 aliphatic carbocycles. The van der Waals surface area contributed by atoms with Gasteiger partial charge in [-0.2, -0.15) is 13.2 Å². The van der Waals surface area contributed by atoms with Gasteiger partial charge >= 0.3 is 6.18 Å². The fraction of sp³-hybridized carbons (Fsp3) is 0.348. The summed E-state index contributed by atoms with van der Waals surface area (Å²) in [6.07, 6.45) is 1.40. The molecule has 0 unspecified atom stereocenters. The Hall–Kier alpha value is -2.56.